The molecule has 1 N–H and O–H groups in total. The molecule has 1 aliphatic heterocycles. The summed E-state index contributed by atoms with van der Waals surface area (Å²) in [6.07, 6.45) is 4.52. The lowest BCUT2D eigenvalue weighted by Gasteiger charge is -2.16. The zero-order chi connectivity index (χ0) is 16.4. The third-order valence-electron chi connectivity index (χ3n) is 4.69. The van der Waals surface area contributed by atoms with Gasteiger partial charge in [-0.05, 0) is 36.5 Å². The van der Waals surface area contributed by atoms with E-state index in [-0.39, 0.29) is 30.5 Å². The molecule has 0 radical (unpaired) electrons. The first-order chi connectivity index (χ1) is 11.0. The molecule has 1 aromatic carbocycles. The van der Waals surface area contributed by atoms with Crippen LogP contribution in [0.2, 0.25) is 5.02 Å². The largest absolute Gasteiger partial charge is 0.491 e. The Hall–Kier alpha value is -1.52. The standard InChI is InChI=1S/C18H21ClO4/c1-11-7-17-16(9-18(21)23-17)15(11)6-5-13(20)10-22-14-4-2-3-12(19)8-14/h2-6,8,11,13,15-17,20H,7,9-10H2,1H3/b6-5+/t11-,13+,15+,16-,17+/m1/s1. The van der Waals surface area contributed by atoms with Gasteiger partial charge in [0.2, 0.25) is 0 Å². The van der Waals surface area contributed by atoms with Gasteiger partial charge in [0.25, 0.3) is 0 Å². The van der Waals surface area contributed by atoms with Crippen LogP contribution < -0.4 is 4.74 Å². The maximum absolute atomic E-state index is 11.4. The van der Waals surface area contributed by atoms with Crippen molar-refractivity contribution in [1.82, 2.24) is 0 Å². The van der Waals surface area contributed by atoms with Crippen LogP contribution in [0.25, 0.3) is 0 Å². The van der Waals surface area contributed by atoms with Gasteiger partial charge in [-0.1, -0.05) is 36.7 Å². The SMILES string of the molecule is C[C@@H]1C[C@@H]2OC(=O)C[C@@H]2[C@H]1/C=C/[C@H](O)COc1cccc(Cl)c1. The van der Waals surface area contributed by atoms with Crippen molar-refractivity contribution in [3.63, 3.8) is 0 Å². The Morgan fingerprint density at radius 1 is 1.52 bits per heavy atom. The highest BCUT2D eigenvalue weighted by atomic mass is 35.5. The van der Waals surface area contributed by atoms with Crippen LogP contribution in [0, 0.1) is 17.8 Å². The van der Waals surface area contributed by atoms with Gasteiger partial charge < -0.3 is 14.6 Å². The van der Waals surface area contributed by atoms with E-state index >= 15 is 0 Å². The monoisotopic (exact) mass is 336 g/mol. The highest BCUT2D eigenvalue weighted by Crippen LogP contribution is 2.45. The first kappa shape index (κ1) is 16.3. The normalized spacial score (nSPS) is 31.2. The smallest absolute Gasteiger partial charge is 0.306 e. The molecule has 23 heavy (non-hydrogen) atoms. The van der Waals surface area contributed by atoms with E-state index in [9.17, 15) is 9.90 Å². The highest BCUT2D eigenvalue weighted by Gasteiger charge is 2.47. The predicted molar refractivity (Wildman–Crippen MR) is 87.4 cm³/mol. The molecule has 1 heterocycles. The van der Waals surface area contributed by atoms with Gasteiger partial charge in [0.05, 0.1) is 6.42 Å². The van der Waals surface area contributed by atoms with Crippen molar-refractivity contribution >= 4 is 17.6 Å². The maximum Gasteiger partial charge on any atom is 0.306 e. The summed E-state index contributed by atoms with van der Waals surface area (Å²) in [6.45, 7) is 2.33. The van der Waals surface area contributed by atoms with Crippen LogP contribution in [0.15, 0.2) is 36.4 Å². The zero-order valence-electron chi connectivity index (χ0n) is 13.0. The number of fused-ring (bicyclic) bond motifs is 1. The lowest BCUT2D eigenvalue weighted by molar-refractivity contribution is -0.141. The molecule has 0 aromatic heterocycles. The summed E-state index contributed by atoms with van der Waals surface area (Å²) in [5.41, 5.74) is 0. The molecule has 1 aromatic rings. The van der Waals surface area contributed by atoms with E-state index in [2.05, 4.69) is 6.92 Å². The number of hydrogen-bond donors (Lipinski definition) is 1. The number of aliphatic hydroxyl groups excluding tert-OH is 1. The third kappa shape index (κ3) is 3.88. The van der Waals surface area contributed by atoms with Crippen LogP contribution in [0.5, 0.6) is 5.75 Å². The van der Waals surface area contributed by atoms with E-state index in [0.29, 0.717) is 23.1 Å². The number of carbonyl (C=O) groups is 1. The van der Waals surface area contributed by atoms with E-state index in [0.717, 1.165) is 6.42 Å². The molecule has 1 saturated heterocycles. The molecule has 4 nitrogen and oxygen atoms in total. The fourth-order valence-corrected chi connectivity index (χ4v) is 3.74. The first-order valence-corrected chi connectivity index (χ1v) is 8.35. The predicted octanol–water partition coefficient (Wildman–Crippen LogP) is 3.22. The molecule has 1 aliphatic carbocycles. The molecule has 0 unspecified atom stereocenters. The van der Waals surface area contributed by atoms with Crippen LogP contribution in [-0.4, -0.2) is 29.9 Å². The van der Waals surface area contributed by atoms with Crippen LogP contribution in [0.4, 0.5) is 0 Å². The summed E-state index contributed by atoms with van der Waals surface area (Å²) in [5.74, 6) is 1.50. The molecule has 0 spiro atoms. The molecule has 2 fully saturated rings. The van der Waals surface area contributed by atoms with Gasteiger partial charge in [-0.2, -0.15) is 0 Å². The number of esters is 1. The molecule has 5 atom stereocenters. The summed E-state index contributed by atoms with van der Waals surface area (Å²) in [7, 11) is 0. The molecule has 5 heteroatoms. The number of rotatable bonds is 5. The second-order valence-electron chi connectivity index (χ2n) is 6.41. The third-order valence-corrected chi connectivity index (χ3v) is 4.93. The van der Waals surface area contributed by atoms with Crippen molar-refractivity contribution in [3.8, 4) is 5.75 Å². The van der Waals surface area contributed by atoms with E-state index in [1.54, 1.807) is 30.3 Å². The topological polar surface area (TPSA) is 55.8 Å². The zero-order valence-corrected chi connectivity index (χ0v) is 13.8. The van der Waals surface area contributed by atoms with Gasteiger partial charge in [-0.3, -0.25) is 4.79 Å². The summed E-state index contributed by atoms with van der Waals surface area (Å²) >= 11 is 5.89. The molecule has 124 valence electrons. The number of halogens is 1. The Bertz CT molecular complexity index is 600. The van der Waals surface area contributed by atoms with Crippen molar-refractivity contribution in [2.24, 2.45) is 17.8 Å². The van der Waals surface area contributed by atoms with Crippen molar-refractivity contribution < 1.29 is 19.4 Å². The summed E-state index contributed by atoms with van der Waals surface area (Å²) < 4.78 is 10.9. The Labute approximate surface area is 141 Å². The minimum absolute atomic E-state index is 0.0482. The summed E-state index contributed by atoms with van der Waals surface area (Å²) in [6, 6.07) is 7.08. The van der Waals surface area contributed by atoms with E-state index in [1.165, 1.54) is 0 Å². The fraction of sp³-hybridized carbons (Fsp3) is 0.500. The summed E-state index contributed by atoms with van der Waals surface area (Å²) in [4.78, 5) is 11.4. The summed E-state index contributed by atoms with van der Waals surface area (Å²) in [5, 5.41) is 10.7. The second-order valence-corrected chi connectivity index (χ2v) is 6.84. The number of benzene rings is 1. The van der Waals surface area contributed by atoms with Gasteiger partial charge in [0.15, 0.2) is 0 Å². The molecule has 2 aliphatic rings. The second kappa shape index (κ2) is 6.93. The lowest BCUT2D eigenvalue weighted by atomic mass is 9.88. The molecule has 0 amide bonds. The van der Waals surface area contributed by atoms with Crippen molar-refractivity contribution in [2.75, 3.05) is 6.61 Å². The molecule has 1 saturated carbocycles. The number of carbonyl (C=O) groups excluding carboxylic acids is 1. The van der Waals surface area contributed by atoms with Gasteiger partial charge in [0.1, 0.15) is 24.6 Å². The average molecular weight is 337 g/mol. The fourth-order valence-electron chi connectivity index (χ4n) is 3.56. The molecular weight excluding hydrogens is 316 g/mol. The van der Waals surface area contributed by atoms with Gasteiger partial charge in [-0.25, -0.2) is 0 Å². The molecular formula is C18H21ClO4. The van der Waals surface area contributed by atoms with E-state index in [1.807, 2.05) is 6.08 Å². The van der Waals surface area contributed by atoms with Crippen LogP contribution in [-0.2, 0) is 9.53 Å². The Morgan fingerprint density at radius 2 is 2.35 bits per heavy atom. The average Bonchev–Trinajstić information content (AvgIpc) is 2.98. The number of ether oxygens (including phenoxy) is 2. The van der Waals surface area contributed by atoms with Crippen LogP contribution in [0.1, 0.15) is 19.8 Å². The Balaban J connectivity index is 1.53. The Kier molecular flexibility index (Phi) is 4.93. The minimum atomic E-state index is -0.696. The molecule has 3 rings (SSSR count). The van der Waals surface area contributed by atoms with E-state index < -0.39 is 6.10 Å². The number of hydrogen-bond acceptors (Lipinski definition) is 4. The van der Waals surface area contributed by atoms with Crippen LogP contribution >= 0.6 is 11.6 Å². The minimum Gasteiger partial charge on any atom is -0.491 e. The molecule has 0 bridgehead atoms. The number of aliphatic hydroxyl groups is 1. The van der Waals surface area contributed by atoms with Crippen molar-refractivity contribution in [1.29, 1.82) is 0 Å². The van der Waals surface area contributed by atoms with Crippen molar-refractivity contribution in [3.05, 3.63) is 41.4 Å². The Morgan fingerprint density at radius 3 is 3.13 bits per heavy atom. The lowest BCUT2D eigenvalue weighted by Crippen LogP contribution is -2.17. The number of allylic oxidation sites excluding steroid dienone is 1. The first-order valence-electron chi connectivity index (χ1n) is 7.97. The van der Waals surface area contributed by atoms with E-state index in [4.69, 9.17) is 21.1 Å². The van der Waals surface area contributed by atoms with Gasteiger partial charge in [-0.15, -0.1) is 0 Å². The maximum atomic E-state index is 11.4. The van der Waals surface area contributed by atoms with Gasteiger partial charge in [0, 0.05) is 10.9 Å². The quantitative estimate of drug-likeness (QED) is 0.662. The highest BCUT2D eigenvalue weighted by molar-refractivity contribution is 6.30. The van der Waals surface area contributed by atoms with Crippen LogP contribution in [0.3, 0.4) is 0 Å². The van der Waals surface area contributed by atoms with Gasteiger partial charge >= 0.3 is 5.97 Å². The van der Waals surface area contributed by atoms with Crippen molar-refractivity contribution in [2.45, 2.75) is 32.0 Å².